The maximum atomic E-state index is 12.1. The number of sulfone groups is 1. The van der Waals surface area contributed by atoms with Crippen molar-refractivity contribution >= 4 is 32.4 Å². The molecule has 8 heteroatoms. The van der Waals surface area contributed by atoms with E-state index in [1.807, 2.05) is 0 Å². The topological polar surface area (TPSA) is 103 Å². The molecule has 0 spiro atoms. The normalized spacial score (nSPS) is 11.3. The van der Waals surface area contributed by atoms with Crippen molar-refractivity contribution in [2.24, 2.45) is 0 Å². The van der Waals surface area contributed by atoms with Crippen LogP contribution in [0.1, 0.15) is 0 Å². The number of benzene rings is 2. The predicted molar refractivity (Wildman–Crippen MR) is 96.2 cm³/mol. The lowest BCUT2D eigenvalue weighted by Crippen LogP contribution is -2.21. The van der Waals surface area contributed by atoms with Crippen molar-refractivity contribution < 1.29 is 22.4 Å². The molecule has 0 aliphatic rings. The summed E-state index contributed by atoms with van der Waals surface area (Å²) in [7, 11) is -3.47. The summed E-state index contributed by atoms with van der Waals surface area (Å²) in [5, 5.41) is 3.24. The van der Waals surface area contributed by atoms with E-state index in [0.717, 1.165) is 11.6 Å². The van der Waals surface area contributed by atoms with Crippen LogP contribution in [0.5, 0.6) is 5.75 Å². The molecule has 3 aromatic rings. The van der Waals surface area contributed by atoms with E-state index in [1.54, 1.807) is 30.3 Å². The average Bonchev–Trinajstić information content (AvgIpc) is 2.59. The van der Waals surface area contributed by atoms with Crippen LogP contribution in [0.2, 0.25) is 0 Å². The summed E-state index contributed by atoms with van der Waals surface area (Å²) in [6, 6.07) is 13.9. The second kappa shape index (κ2) is 7.01. The van der Waals surface area contributed by atoms with Crippen molar-refractivity contribution in [2.75, 3.05) is 18.2 Å². The highest BCUT2D eigenvalue weighted by atomic mass is 32.2. The number of rotatable bonds is 5. The summed E-state index contributed by atoms with van der Waals surface area (Å²) >= 11 is 0. The van der Waals surface area contributed by atoms with Crippen LogP contribution in [0.15, 0.2) is 68.7 Å². The van der Waals surface area contributed by atoms with Crippen molar-refractivity contribution in [2.45, 2.75) is 4.90 Å². The van der Waals surface area contributed by atoms with E-state index in [-0.39, 0.29) is 17.2 Å². The summed E-state index contributed by atoms with van der Waals surface area (Å²) in [6.45, 7) is -0.333. The maximum absolute atomic E-state index is 12.1. The van der Waals surface area contributed by atoms with Crippen LogP contribution >= 0.6 is 0 Å². The van der Waals surface area contributed by atoms with Crippen molar-refractivity contribution in [1.82, 2.24) is 0 Å². The van der Waals surface area contributed by atoms with E-state index in [0.29, 0.717) is 11.3 Å². The van der Waals surface area contributed by atoms with Crippen LogP contribution in [0, 0.1) is 0 Å². The Bertz CT molecular complexity index is 1130. The third kappa shape index (κ3) is 4.09. The zero-order chi connectivity index (χ0) is 18.7. The van der Waals surface area contributed by atoms with Crippen LogP contribution in [0.4, 0.5) is 5.69 Å². The number of ether oxygens (including phenoxy) is 1. The largest absolute Gasteiger partial charge is 0.484 e. The van der Waals surface area contributed by atoms with E-state index in [4.69, 9.17) is 9.15 Å². The Hall–Kier alpha value is -3.13. The van der Waals surface area contributed by atoms with Gasteiger partial charge in [0.05, 0.1) is 10.6 Å². The first kappa shape index (κ1) is 17.7. The quantitative estimate of drug-likeness (QED) is 0.688. The van der Waals surface area contributed by atoms with Gasteiger partial charge in [-0.2, -0.15) is 0 Å². The second-order valence-electron chi connectivity index (χ2n) is 5.56. The number of fused-ring (bicyclic) bond motifs is 1. The van der Waals surface area contributed by atoms with Crippen LogP contribution in [0.3, 0.4) is 0 Å². The maximum Gasteiger partial charge on any atom is 0.336 e. The van der Waals surface area contributed by atoms with Gasteiger partial charge >= 0.3 is 5.63 Å². The molecule has 7 nitrogen and oxygen atoms in total. The standard InChI is InChI=1S/C18H15NO6S/c1-26(22,23)16-5-3-2-4-14(16)19-17(20)11-24-13-8-6-12-7-9-18(21)25-15(12)10-13/h2-10H,11H2,1H3,(H,19,20). The fraction of sp³-hybridized carbons (Fsp3) is 0.111. The summed E-state index contributed by atoms with van der Waals surface area (Å²) in [5.74, 6) is -0.172. The fourth-order valence-corrected chi connectivity index (χ4v) is 3.20. The molecular formula is C18H15NO6S. The van der Waals surface area contributed by atoms with E-state index in [9.17, 15) is 18.0 Å². The average molecular weight is 373 g/mol. The summed E-state index contributed by atoms with van der Waals surface area (Å²) < 4.78 is 33.9. The number of carbonyl (C=O) groups excluding carboxylic acids is 1. The SMILES string of the molecule is CS(=O)(=O)c1ccccc1NC(=O)COc1ccc2ccc(=O)oc2c1. The van der Waals surface area contributed by atoms with E-state index in [1.165, 1.54) is 24.3 Å². The summed E-state index contributed by atoms with van der Waals surface area (Å²) in [6.07, 6.45) is 1.07. The van der Waals surface area contributed by atoms with Gasteiger partial charge in [0.25, 0.3) is 5.91 Å². The Labute approximate surface area is 149 Å². The first-order valence-corrected chi connectivity index (χ1v) is 9.48. The van der Waals surface area contributed by atoms with Crippen LogP contribution in [0.25, 0.3) is 11.0 Å². The first-order chi connectivity index (χ1) is 12.3. The van der Waals surface area contributed by atoms with Gasteiger partial charge in [-0.15, -0.1) is 0 Å². The van der Waals surface area contributed by atoms with Gasteiger partial charge in [0, 0.05) is 23.8 Å². The Morgan fingerprint density at radius 1 is 1.12 bits per heavy atom. The Balaban J connectivity index is 1.71. The van der Waals surface area contributed by atoms with Gasteiger partial charge < -0.3 is 14.5 Å². The smallest absolute Gasteiger partial charge is 0.336 e. The minimum atomic E-state index is -3.47. The minimum absolute atomic E-state index is 0.0285. The fourth-order valence-electron chi connectivity index (χ4n) is 2.36. The van der Waals surface area contributed by atoms with Gasteiger partial charge in [-0.1, -0.05) is 12.1 Å². The van der Waals surface area contributed by atoms with Gasteiger partial charge in [-0.05, 0) is 30.3 Å². The highest BCUT2D eigenvalue weighted by Crippen LogP contribution is 2.21. The number of nitrogens with one attached hydrogen (secondary N) is 1. The molecule has 26 heavy (non-hydrogen) atoms. The Morgan fingerprint density at radius 3 is 2.62 bits per heavy atom. The first-order valence-electron chi connectivity index (χ1n) is 7.58. The molecule has 134 valence electrons. The van der Waals surface area contributed by atoms with Crippen LogP contribution in [-0.2, 0) is 14.6 Å². The molecule has 0 saturated carbocycles. The lowest BCUT2D eigenvalue weighted by Gasteiger charge is -2.10. The lowest BCUT2D eigenvalue weighted by atomic mass is 10.2. The van der Waals surface area contributed by atoms with Gasteiger partial charge in [0.15, 0.2) is 16.4 Å². The van der Waals surface area contributed by atoms with Gasteiger partial charge in [0.1, 0.15) is 11.3 Å². The molecule has 0 bridgehead atoms. The zero-order valence-electron chi connectivity index (χ0n) is 13.8. The van der Waals surface area contributed by atoms with E-state index < -0.39 is 21.4 Å². The molecule has 0 aliphatic carbocycles. The Morgan fingerprint density at radius 2 is 1.85 bits per heavy atom. The van der Waals surface area contributed by atoms with Crippen molar-refractivity contribution in [1.29, 1.82) is 0 Å². The number of amides is 1. The number of para-hydroxylation sites is 1. The number of hydrogen-bond acceptors (Lipinski definition) is 6. The molecule has 0 fully saturated rings. The second-order valence-corrected chi connectivity index (χ2v) is 7.54. The number of hydrogen-bond donors (Lipinski definition) is 1. The highest BCUT2D eigenvalue weighted by Gasteiger charge is 2.14. The number of carbonyl (C=O) groups is 1. The highest BCUT2D eigenvalue weighted by molar-refractivity contribution is 7.90. The molecule has 1 N–H and O–H groups in total. The van der Waals surface area contributed by atoms with Crippen LogP contribution < -0.4 is 15.7 Å². The lowest BCUT2D eigenvalue weighted by molar-refractivity contribution is -0.118. The molecule has 0 radical (unpaired) electrons. The molecule has 0 aliphatic heterocycles. The number of anilines is 1. The van der Waals surface area contributed by atoms with Gasteiger partial charge in [-0.3, -0.25) is 4.79 Å². The molecule has 0 atom stereocenters. The monoisotopic (exact) mass is 373 g/mol. The predicted octanol–water partition coefficient (Wildman–Crippen LogP) is 2.21. The van der Waals surface area contributed by atoms with Gasteiger partial charge in [-0.25, -0.2) is 13.2 Å². The van der Waals surface area contributed by atoms with Gasteiger partial charge in [0.2, 0.25) is 0 Å². The molecule has 3 rings (SSSR count). The van der Waals surface area contributed by atoms with Crippen molar-refractivity contribution in [3.63, 3.8) is 0 Å². The molecular weight excluding hydrogens is 358 g/mol. The molecule has 1 amide bonds. The summed E-state index contributed by atoms with van der Waals surface area (Å²) in [5.41, 5.74) is 0.0516. The summed E-state index contributed by atoms with van der Waals surface area (Å²) in [4.78, 5) is 23.4. The third-order valence-electron chi connectivity index (χ3n) is 3.53. The van der Waals surface area contributed by atoms with Crippen molar-refractivity contribution in [3.8, 4) is 5.75 Å². The zero-order valence-corrected chi connectivity index (χ0v) is 14.6. The minimum Gasteiger partial charge on any atom is -0.484 e. The van der Waals surface area contributed by atoms with E-state index in [2.05, 4.69) is 5.32 Å². The molecule has 1 aromatic heterocycles. The molecule has 2 aromatic carbocycles. The van der Waals surface area contributed by atoms with Crippen molar-refractivity contribution in [3.05, 3.63) is 65.0 Å². The molecule has 0 saturated heterocycles. The third-order valence-corrected chi connectivity index (χ3v) is 4.68. The molecule has 0 unspecified atom stereocenters. The van der Waals surface area contributed by atoms with E-state index >= 15 is 0 Å². The molecule has 1 heterocycles. The Kier molecular flexibility index (Phi) is 4.77. The van der Waals surface area contributed by atoms with Crippen LogP contribution in [-0.4, -0.2) is 27.2 Å².